The molecule has 3 aromatic rings. The lowest BCUT2D eigenvalue weighted by Crippen LogP contribution is -2.17. The number of ether oxygens (including phenoxy) is 1. The molecule has 3 rings (SSSR count). The average molecular weight is 366 g/mol. The SMILES string of the molecule is C=CCn1c(=NC(=O)CCOc2ccccc2)sc2cc(C)cc(C)c21. The van der Waals surface area contributed by atoms with Gasteiger partial charge >= 0.3 is 0 Å². The number of carbonyl (C=O) groups is 1. The maximum atomic E-state index is 12.3. The van der Waals surface area contributed by atoms with Crippen molar-refractivity contribution >= 4 is 27.5 Å². The van der Waals surface area contributed by atoms with Gasteiger partial charge in [0.05, 0.1) is 23.2 Å². The summed E-state index contributed by atoms with van der Waals surface area (Å²) in [4.78, 5) is 17.3. The van der Waals surface area contributed by atoms with Crippen LogP contribution in [-0.2, 0) is 11.3 Å². The third-order valence-electron chi connectivity index (χ3n) is 3.97. The lowest BCUT2D eigenvalue weighted by Gasteiger charge is -2.05. The van der Waals surface area contributed by atoms with Crippen molar-refractivity contribution in [3.05, 3.63) is 71.0 Å². The van der Waals surface area contributed by atoms with E-state index >= 15 is 0 Å². The first-order valence-corrected chi connectivity index (χ1v) is 9.37. The minimum absolute atomic E-state index is 0.181. The maximum Gasteiger partial charge on any atom is 0.251 e. The van der Waals surface area contributed by atoms with Crippen LogP contribution in [0.25, 0.3) is 10.2 Å². The van der Waals surface area contributed by atoms with E-state index in [1.165, 1.54) is 22.5 Å². The fourth-order valence-corrected chi connectivity index (χ4v) is 4.14. The van der Waals surface area contributed by atoms with Crippen molar-refractivity contribution in [1.29, 1.82) is 0 Å². The highest BCUT2D eigenvalue weighted by Crippen LogP contribution is 2.23. The third kappa shape index (κ3) is 4.11. The minimum atomic E-state index is -0.181. The summed E-state index contributed by atoms with van der Waals surface area (Å²) in [5.41, 5.74) is 3.50. The molecule has 0 atom stereocenters. The summed E-state index contributed by atoms with van der Waals surface area (Å²) in [6.07, 6.45) is 2.07. The topological polar surface area (TPSA) is 43.6 Å². The summed E-state index contributed by atoms with van der Waals surface area (Å²) < 4.78 is 8.77. The molecule has 0 radical (unpaired) electrons. The molecule has 0 aliphatic rings. The second kappa shape index (κ2) is 8.15. The molecule has 0 saturated carbocycles. The maximum absolute atomic E-state index is 12.3. The first-order valence-electron chi connectivity index (χ1n) is 8.55. The number of nitrogens with zero attached hydrogens (tertiary/aromatic N) is 2. The minimum Gasteiger partial charge on any atom is -0.493 e. The second-order valence-corrected chi connectivity index (χ2v) is 7.14. The first kappa shape index (κ1) is 18.1. The number of aromatic nitrogens is 1. The van der Waals surface area contributed by atoms with Gasteiger partial charge < -0.3 is 9.30 Å². The van der Waals surface area contributed by atoms with Gasteiger partial charge in [-0.15, -0.1) is 6.58 Å². The zero-order valence-electron chi connectivity index (χ0n) is 15.1. The van der Waals surface area contributed by atoms with Crippen molar-refractivity contribution < 1.29 is 9.53 Å². The predicted molar refractivity (Wildman–Crippen MR) is 107 cm³/mol. The molecular weight excluding hydrogens is 344 g/mol. The van der Waals surface area contributed by atoms with Crippen molar-refractivity contribution in [2.24, 2.45) is 4.99 Å². The molecule has 1 aromatic heterocycles. The molecular formula is C21H22N2O2S. The molecule has 5 heteroatoms. The smallest absolute Gasteiger partial charge is 0.251 e. The highest BCUT2D eigenvalue weighted by molar-refractivity contribution is 7.16. The van der Waals surface area contributed by atoms with Gasteiger partial charge in [-0.05, 0) is 43.2 Å². The molecule has 0 N–H and O–H groups in total. The first-order chi connectivity index (χ1) is 12.6. The average Bonchev–Trinajstić information content (AvgIpc) is 2.93. The number of carbonyl (C=O) groups excluding carboxylic acids is 1. The predicted octanol–water partition coefficient (Wildman–Crippen LogP) is 4.40. The highest BCUT2D eigenvalue weighted by Gasteiger charge is 2.10. The van der Waals surface area contributed by atoms with Gasteiger partial charge in [0.15, 0.2) is 4.80 Å². The van der Waals surface area contributed by atoms with E-state index in [1.54, 1.807) is 0 Å². The van der Waals surface area contributed by atoms with Crippen LogP contribution in [0.3, 0.4) is 0 Å². The highest BCUT2D eigenvalue weighted by atomic mass is 32.1. The molecule has 0 fully saturated rings. The van der Waals surface area contributed by atoms with Gasteiger partial charge in [0, 0.05) is 6.54 Å². The fraction of sp³-hybridized carbons (Fsp3) is 0.238. The Labute approximate surface area is 157 Å². The lowest BCUT2D eigenvalue weighted by atomic mass is 10.1. The Morgan fingerprint density at radius 2 is 2.04 bits per heavy atom. The molecule has 0 spiro atoms. The quantitative estimate of drug-likeness (QED) is 0.607. The number of hydrogen-bond donors (Lipinski definition) is 0. The Bertz CT molecular complexity index is 1000. The number of hydrogen-bond acceptors (Lipinski definition) is 3. The van der Waals surface area contributed by atoms with Gasteiger partial charge in [0.1, 0.15) is 5.75 Å². The molecule has 1 heterocycles. The number of para-hydroxylation sites is 1. The van der Waals surface area contributed by atoms with Gasteiger partial charge in [-0.25, -0.2) is 0 Å². The van der Waals surface area contributed by atoms with Crippen molar-refractivity contribution in [1.82, 2.24) is 4.57 Å². The van der Waals surface area contributed by atoms with Crippen LogP contribution in [0.15, 0.2) is 60.1 Å². The molecule has 0 aliphatic carbocycles. The van der Waals surface area contributed by atoms with E-state index in [9.17, 15) is 4.79 Å². The van der Waals surface area contributed by atoms with E-state index in [0.29, 0.717) is 18.0 Å². The monoisotopic (exact) mass is 366 g/mol. The third-order valence-corrected chi connectivity index (χ3v) is 5.00. The normalized spacial score (nSPS) is 11.7. The van der Waals surface area contributed by atoms with Crippen LogP contribution >= 0.6 is 11.3 Å². The van der Waals surface area contributed by atoms with Crippen molar-refractivity contribution in [2.45, 2.75) is 26.8 Å². The number of thiazole rings is 1. The molecule has 0 aliphatic heterocycles. The summed E-state index contributed by atoms with van der Waals surface area (Å²) >= 11 is 1.54. The molecule has 1 amide bonds. The van der Waals surface area contributed by atoms with Crippen molar-refractivity contribution in [3.8, 4) is 5.75 Å². The van der Waals surface area contributed by atoms with Gasteiger partial charge in [0.25, 0.3) is 5.91 Å². The van der Waals surface area contributed by atoms with Crippen molar-refractivity contribution in [3.63, 3.8) is 0 Å². The largest absolute Gasteiger partial charge is 0.493 e. The number of fused-ring (bicyclic) bond motifs is 1. The van der Waals surface area contributed by atoms with E-state index in [2.05, 4.69) is 42.1 Å². The van der Waals surface area contributed by atoms with Crippen LogP contribution in [0.5, 0.6) is 5.75 Å². The van der Waals surface area contributed by atoms with Crippen LogP contribution in [0.2, 0.25) is 0 Å². The van der Waals surface area contributed by atoms with Crippen molar-refractivity contribution in [2.75, 3.05) is 6.61 Å². The van der Waals surface area contributed by atoms with Crippen LogP contribution in [0.1, 0.15) is 17.5 Å². The van der Waals surface area contributed by atoms with Crippen LogP contribution in [0.4, 0.5) is 0 Å². The molecule has 26 heavy (non-hydrogen) atoms. The van der Waals surface area contributed by atoms with E-state index in [1.807, 2.05) is 36.4 Å². The number of amides is 1. The zero-order valence-corrected chi connectivity index (χ0v) is 15.9. The van der Waals surface area contributed by atoms with Crippen LogP contribution in [0, 0.1) is 13.8 Å². The Balaban J connectivity index is 1.83. The molecule has 0 saturated heterocycles. The van der Waals surface area contributed by atoms with E-state index in [0.717, 1.165) is 16.0 Å². The Morgan fingerprint density at radius 1 is 1.27 bits per heavy atom. The van der Waals surface area contributed by atoms with Gasteiger partial charge in [-0.3, -0.25) is 4.79 Å². The Kier molecular flexibility index (Phi) is 5.68. The van der Waals surface area contributed by atoms with E-state index in [4.69, 9.17) is 4.74 Å². The number of aryl methyl sites for hydroxylation is 2. The van der Waals surface area contributed by atoms with Gasteiger partial charge in [0.2, 0.25) is 0 Å². The number of benzene rings is 2. The van der Waals surface area contributed by atoms with Gasteiger partial charge in [-0.1, -0.05) is 41.7 Å². The Morgan fingerprint density at radius 3 is 2.77 bits per heavy atom. The van der Waals surface area contributed by atoms with Gasteiger partial charge in [-0.2, -0.15) is 4.99 Å². The zero-order chi connectivity index (χ0) is 18.5. The number of allylic oxidation sites excluding steroid dienone is 1. The van der Waals surface area contributed by atoms with Crippen LogP contribution < -0.4 is 9.54 Å². The summed E-state index contributed by atoms with van der Waals surface area (Å²) in [6.45, 7) is 8.93. The molecule has 0 bridgehead atoms. The summed E-state index contributed by atoms with van der Waals surface area (Å²) in [5, 5.41) is 0. The molecule has 2 aromatic carbocycles. The summed E-state index contributed by atoms with van der Waals surface area (Å²) in [5.74, 6) is 0.578. The molecule has 0 unspecified atom stereocenters. The lowest BCUT2D eigenvalue weighted by molar-refractivity contribution is -0.118. The summed E-state index contributed by atoms with van der Waals surface area (Å²) in [7, 11) is 0. The second-order valence-electron chi connectivity index (χ2n) is 6.13. The summed E-state index contributed by atoms with van der Waals surface area (Å²) in [6, 6.07) is 13.8. The molecule has 4 nitrogen and oxygen atoms in total. The van der Waals surface area contributed by atoms with E-state index in [-0.39, 0.29) is 12.3 Å². The number of rotatable bonds is 6. The fourth-order valence-electron chi connectivity index (χ4n) is 2.91. The molecule has 134 valence electrons. The van der Waals surface area contributed by atoms with E-state index < -0.39 is 0 Å². The Hall–Kier alpha value is -2.66. The van der Waals surface area contributed by atoms with Crippen LogP contribution in [-0.4, -0.2) is 17.1 Å². The standard InChI is InChI=1S/C21H22N2O2S/c1-4-11-23-20-16(3)13-15(2)14-18(20)26-21(23)22-19(24)10-12-25-17-8-6-5-7-9-17/h4-9,13-14H,1,10-12H2,2-3H3.